The molecule has 110 valence electrons. The molecule has 18 heavy (non-hydrogen) atoms. The first-order chi connectivity index (χ1) is 8.47. The SMILES string of the molecule is CCOCC(C)N(CC)C(C)C(CC)CN(C)C. The van der Waals surface area contributed by atoms with Gasteiger partial charge in [0.25, 0.3) is 0 Å². The van der Waals surface area contributed by atoms with Crippen LogP contribution in [0.4, 0.5) is 0 Å². The van der Waals surface area contributed by atoms with Gasteiger partial charge >= 0.3 is 0 Å². The Morgan fingerprint density at radius 3 is 2.06 bits per heavy atom. The Balaban J connectivity index is 4.49. The van der Waals surface area contributed by atoms with E-state index in [2.05, 4.69) is 58.5 Å². The maximum Gasteiger partial charge on any atom is 0.0619 e. The number of ether oxygens (including phenoxy) is 1. The fourth-order valence-electron chi connectivity index (χ4n) is 2.75. The van der Waals surface area contributed by atoms with Gasteiger partial charge in [0.2, 0.25) is 0 Å². The summed E-state index contributed by atoms with van der Waals surface area (Å²) in [4.78, 5) is 4.87. The van der Waals surface area contributed by atoms with Crippen molar-refractivity contribution in [2.45, 2.75) is 53.1 Å². The molecular formula is C15H34N2O. The highest BCUT2D eigenvalue weighted by Gasteiger charge is 2.25. The molecule has 0 fully saturated rings. The van der Waals surface area contributed by atoms with Gasteiger partial charge in [-0.05, 0) is 47.3 Å². The average molecular weight is 258 g/mol. The number of nitrogens with zero attached hydrogens (tertiary/aromatic N) is 2. The van der Waals surface area contributed by atoms with Gasteiger partial charge in [0.05, 0.1) is 6.61 Å². The van der Waals surface area contributed by atoms with Crippen LogP contribution in [-0.2, 0) is 4.74 Å². The standard InChI is InChI=1S/C15H34N2O/c1-8-15(11-16(6)7)14(5)17(9-2)13(4)12-18-10-3/h13-15H,8-12H2,1-7H3. The molecule has 0 rings (SSSR count). The third-order valence-corrected chi connectivity index (χ3v) is 3.82. The third kappa shape index (κ3) is 6.17. The summed E-state index contributed by atoms with van der Waals surface area (Å²) in [6.45, 7) is 15.2. The van der Waals surface area contributed by atoms with E-state index in [4.69, 9.17) is 4.74 Å². The summed E-state index contributed by atoms with van der Waals surface area (Å²) in [5, 5.41) is 0. The second kappa shape index (κ2) is 9.76. The fraction of sp³-hybridized carbons (Fsp3) is 1.00. The lowest BCUT2D eigenvalue weighted by molar-refractivity contribution is 0.0367. The van der Waals surface area contributed by atoms with E-state index < -0.39 is 0 Å². The highest BCUT2D eigenvalue weighted by molar-refractivity contribution is 4.79. The van der Waals surface area contributed by atoms with E-state index >= 15 is 0 Å². The average Bonchev–Trinajstić information content (AvgIpc) is 2.33. The quantitative estimate of drug-likeness (QED) is 0.599. The van der Waals surface area contributed by atoms with Crippen LogP contribution in [0.5, 0.6) is 0 Å². The van der Waals surface area contributed by atoms with E-state index in [0.29, 0.717) is 12.1 Å². The molecule has 0 N–H and O–H groups in total. The second-order valence-electron chi connectivity index (χ2n) is 5.51. The van der Waals surface area contributed by atoms with E-state index in [0.717, 1.165) is 32.2 Å². The van der Waals surface area contributed by atoms with Crippen LogP contribution in [-0.4, -0.2) is 62.3 Å². The first-order valence-corrected chi connectivity index (χ1v) is 7.45. The lowest BCUT2D eigenvalue weighted by atomic mass is 9.95. The van der Waals surface area contributed by atoms with Crippen LogP contribution in [0.1, 0.15) is 41.0 Å². The minimum Gasteiger partial charge on any atom is -0.380 e. The van der Waals surface area contributed by atoms with Crippen LogP contribution in [0.25, 0.3) is 0 Å². The molecule has 0 aromatic carbocycles. The molecule has 0 radical (unpaired) electrons. The van der Waals surface area contributed by atoms with Crippen molar-refractivity contribution in [1.82, 2.24) is 9.80 Å². The normalized spacial score (nSPS) is 17.2. The molecule has 0 bridgehead atoms. The summed E-state index contributed by atoms with van der Waals surface area (Å²) < 4.78 is 5.57. The first-order valence-electron chi connectivity index (χ1n) is 7.45. The van der Waals surface area contributed by atoms with E-state index in [1.807, 2.05) is 0 Å². The number of hydrogen-bond acceptors (Lipinski definition) is 3. The Hall–Kier alpha value is -0.120. The molecule has 3 nitrogen and oxygen atoms in total. The molecule has 0 aromatic rings. The van der Waals surface area contributed by atoms with E-state index in [9.17, 15) is 0 Å². The Labute approximate surface area is 114 Å². The van der Waals surface area contributed by atoms with E-state index in [1.54, 1.807) is 0 Å². The zero-order valence-corrected chi connectivity index (χ0v) is 13.6. The maximum absolute atomic E-state index is 5.57. The molecule has 0 heterocycles. The highest BCUT2D eigenvalue weighted by atomic mass is 16.5. The summed E-state index contributed by atoms with van der Waals surface area (Å²) in [7, 11) is 4.32. The summed E-state index contributed by atoms with van der Waals surface area (Å²) in [5.41, 5.74) is 0. The van der Waals surface area contributed by atoms with Gasteiger partial charge in [-0.1, -0.05) is 20.3 Å². The molecule has 0 spiro atoms. The monoisotopic (exact) mass is 258 g/mol. The lowest BCUT2D eigenvalue weighted by Gasteiger charge is -2.38. The lowest BCUT2D eigenvalue weighted by Crippen LogP contribution is -2.47. The molecule has 0 saturated carbocycles. The Morgan fingerprint density at radius 2 is 1.67 bits per heavy atom. The third-order valence-electron chi connectivity index (χ3n) is 3.82. The smallest absolute Gasteiger partial charge is 0.0619 e. The van der Waals surface area contributed by atoms with Crippen molar-refractivity contribution in [2.24, 2.45) is 5.92 Å². The van der Waals surface area contributed by atoms with Gasteiger partial charge < -0.3 is 9.64 Å². The Kier molecular flexibility index (Phi) is 9.70. The largest absolute Gasteiger partial charge is 0.380 e. The molecule has 0 aliphatic carbocycles. The predicted molar refractivity (Wildman–Crippen MR) is 80.1 cm³/mol. The zero-order valence-electron chi connectivity index (χ0n) is 13.6. The summed E-state index contributed by atoms with van der Waals surface area (Å²) >= 11 is 0. The molecule has 3 unspecified atom stereocenters. The Bertz CT molecular complexity index is 197. The number of hydrogen-bond donors (Lipinski definition) is 0. The summed E-state index contributed by atoms with van der Waals surface area (Å²) in [6.07, 6.45) is 1.23. The van der Waals surface area contributed by atoms with Crippen molar-refractivity contribution in [3.63, 3.8) is 0 Å². The van der Waals surface area contributed by atoms with Gasteiger partial charge in [-0.15, -0.1) is 0 Å². The van der Waals surface area contributed by atoms with Crippen LogP contribution in [0.2, 0.25) is 0 Å². The molecule has 0 aromatic heterocycles. The molecule has 0 aliphatic heterocycles. The van der Waals surface area contributed by atoms with Gasteiger partial charge in [0, 0.05) is 25.2 Å². The van der Waals surface area contributed by atoms with Crippen LogP contribution in [0, 0.1) is 5.92 Å². The number of likely N-dealkylation sites (N-methyl/N-ethyl adjacent to an activating group) is 1. The van der Waals surface area contributed by atoms with Crippen LogP contribution < -0.4 is 0 Å². The van der Waals surface area contributed by atoms with Gasteiger partial charge in [-0.3, -0.25) is 4.90 Å². The van der Waals surface area contributed by atoms with Crippen molar-refractivity contribution in [1.29, 1.82) is 0 Å². The minimum absolute atomic E-state index is 0.501. The van der Waals surface area contributed by atoms with Crippen molar-refractivity contribution in [2.75, 3.05) is 40.4 Å². The predicted octanol–water partition coefficient (Wildman–Crippen LogP) is 2.71. The summed E-state index contributed by atoms with van der Waals surface area (Å²) in [6, 6.07) is 1.11. The Morgan fingerprint density at radius 1 is 1.06 bits per heavy atom. The first kappa shape index (κ1) is 17.9. The van der Waals surface area contributed by atoms with Crippen molar-refractivity contribution in [3.8, 4) is 0 Å². The molecule has 0 saturated heterocycles. The van der Waals surface area contributed by atoms with E-state index in [-0.39, 0.29) is 0 Å². The van der Waals surface area contributed by atoms with Gasteiger partial charge in [0.1, 0.15) is 0 Å². The van der Waals surface area contributed by atoms with Crippen LogP contribution >= 0.6 is 0 Å². The molecular weight excluding hydrogens is 224 g/mol. The molecule has 0 aliphatic rings. The van der Waals surface area contributed by atoms with Crippen LogP contribution in [0.3, 0.4) is 0 Å². The van der Waals surface area contributed by atoms with Crippen molar-refractivity contribution in [3.05, 3.63) is 0 Å². The number of rotatable bonds is 10. The van der Waals surface area contributed by atoms with Gasteiger partial charge in [-0.2, -0.15) is 0 Å². The minimum atomic E-state index is 0.501. The second-order valence-corrected chi connectivity index (χ2v) is 5.51. The van der Waals surface area contributed by atoms with Gasteiger partial charge in [0.15, 0.2) is 0 Å². The fourth-order valence-corrected chi connectivity index (χ4v) is 2.75. The van der Waals surface area contributed by atoms with E-state index in [1.165, 1.54) is 6.42 Å². The van der Waals surface area contributed by atoms with Gasteiger partial charge in [-0.25, -0.2) is 0 Å². The summed E-state index contributed by atoms with van der Waals surface area (Å²) in [5.74, 6) is 0.726. The van der Waals surface area contributed by atoms with Crippen molar-refractivity contribution >= 4 is 0 Å². The van der Waals surface area contributed by atoms with Crippen molar-refractivity contribution < 1.29 is 4.74 Å². The topological polar surface area (TPSA) is 15.7 Å². The van der Waals surface area contributed by atoms with Crippen LogP contribution in [0.15, 0.2) is 0 Å². The highest BCUT2D eigenvalue weighted by Crippen LogP contribution is 2.18. The molecule has 3 heteroatoms. The zero-order chi connectivity index (χ0) is 14.1. The molecule has 3 atom stereocenters. The maximum atomic E-state index is 5.57. The molecule has 0 amide bonds.